The van der Waals surface area contributed by atoms with Gasteiger partial charge in [0.1, 0.15) is 5.69 Å². The third-order valence-corrected chi connectivity index (χ3v) is 3.70. The van der Waals surface area contributed by atoms with Crippen molar-refractivity contribution in [2.24, 2.45) is 0 Å². The van der Waals surface area contributed by atoms with E-state index >= 15 is 0 Å². The molecule has 0 atom stereocenters. The third-order valence-electron chi connectivity index (χ3n) is 3.44. The smallest absolute Gasteiger partial charge is 0.272 e. The Bertz CT molecular complexity index is 607. The predicted octanol–water partition coefficient (Wildman–Crippen LogP) is 3.83. The minimum Gasteiger partial charge on any atom is -0.380 e. The molecular formula is C17H20ClN3O. The summed E-state index contributed by atoms with van der Waals surface area (Å²) < 4.78 is 0. The lowest BCUT2D eigenvalue weighted by molar-refractivity contribution is 0.0767. The van der Waals surface area contributed by atoms with Crippen molar-refractivity contribution in [3.8, 4) is 0 Å². The van der Waals surface area contributed by atoms with Gasteiger partial charge in [0.15, 0.2) is 0 Å². The van der Waals surface area contributed by atoms with Crippen LogP contribution in [0.25, 0.3) is 0 Å². The zero-order valence-electron chi connectivity index (χ0n) is 12.8. The van der Waals surface area contributed by atoms with Crippen LogP contribution in [0.15, 0.2) is 42.6 Å². The highest BCUT2D eigenvalue weighted by molar-refractivity contribution is 6.30. The van der Waals surface area contributed by atoms with Gasteiger partial charge in [0.2, 0.25) is 0 Å². The second-order valence-corrected chi connectivity index (χ2v) is 5.33. The molecule has 0 bridgehead atoms. The third kappa shape index (κ3) is 4.21. The average molecular weight is 318 g/mol. The van der Waals surface area contributed by atoms with E-state index in [4.69, 9.17) is 11.6 Å². The van der Waals surface area contributed by atoms with Gasteiger partial charge in [0, 0.05) is 24.7 Å². The van der Waals surface area contributed by atoms with Crippen molar-refractivity contribution in [3.05, 3.63) is 58.9 Å². The molecule has 4 nitrogen and oxygen atoms in total. The van der Waals surface area contributed by atoms with Crippen LogP contribution in [0, 0.1) is 0 Å². The van der Waals surface area contributed by atoms with E-state index in [1.807, 2.05) is 44.2 Å². The van der Waals surface area contributed by atoms with Crippen molar-refractivity contribution in [2.75, 3.05) is 18.4 Å². The van der Waals surface area contributed by atoms with Gasteiger partial charge in [-0.05, 0) is 43.7 Å². The van der Waals surface area contributed by atoms with Crippen LogP contribution in [0.2, 0.25) is 5.02 Å². The summed E-state index contributed by atoms with van der Waals surface area (Å²) in [6.45, 7) is 5.98. The van der Waals surface area contributed by atoms with Crippen molar-refractivity contribution in [3.63, 3.8) is 0 Å². The van der Waals surface area contributed by atoms with Gasteiger partial charge in [-0.3, -0.25) is 4.79 Å². The number of halogens is 1. The first-order chi connectivity index (χ1) is 10.6. The number of carbonyl (C=O) groups excluding carboxylic acids is 1. The van der Waals surface area contributed by atoms with Crippen LogP contribution in [0.3, 0.4) is 0 Å². The fraction of sp³-hybridized carbons (Fsp3) is 0.294. The minimum absolute atomic E-state index is 0.0331. The molecule has 2 aromatic rings. The first-order valence-corrected chi connectivity index (χ1v) is 7.75. The predicted molar refractivity (Wildman–Crippen MR) is 90.3 cm³/mol. The number of hydrogen-bond donors (Lipinski definition) is 1. The highest BCUT2D eigenvalue weighted by Crippen LogP contribution is 2.13. The fourth-order valence-electron chi connectivity index (χ4n) is 2.10. The lowest BCUT2D eigenvalue weighted by Crippen LogP contribution is -2.31. The van der Waals surface area contributed by atoms with Gasteiger partial charge < -0.3 is 10.2 Å². The van der Waals surface area contributed by atoms with Crippen LogP contribution in [-0.2, 0) is 6.54 Å². The van der Waals surface area contributed by atoms with Gasteiger partial charge in [-0.2, -0.15) is 0 Å². The lowest BCUT2D eigenvalue weighted by Gasteiger charge is -2.18. The standard InChI is InChI=1S/C17H20ClN3O/c1-3-21(4-2)17(22)16-10-9-15(12-20-16)19-11-13-5-7-14(18)8-6-13/h5-10,12,19H,3-4,11H2,1-2H3. The average Bonchev–Trinajstić information content (AvgIpc) is 2.56. The maximum Gasteiger partial charge on any atom is 0.272 e. The first-order valence-electron chi connectivity index (χ1n) is 7.37. The maximum atomic E-state index is 12.2. The van der Waals surface area contributed by atoms with Crippen LogP contribution in [0.1, 0.15) is 29.9 Å². The number of benzene rings is 1. The van der Waals surface area contributed by atoms with Crippen LogP contribution in [0.4, 0.5) is 5.69 Å². The Balaban J connectivity index is 1.97. The Labute approximate surface area is 136 Å². The normalized spacial score (nSPS) is 10.3. The van der Waals surface area contributed by atoms with E-state index in [0.717, 1.165) is 16.3 Å². The van der Waals surface area contributed by atoms with Crippen molar-refractivity contribution < 1.29 is 4.79 Å². The van der Waals surface area contributed by atoms with Crippen molar-refractivity contribution in [1.82, 2.24) is 9.88 Å². The zero-order valence-corrected chi connectivity index (χ0v) is 13.6. The first kappa shape index (κ1) is 16.3. The number of nitrogens with one attached hydrogen (secondary N) is 1. The Kier molecular flexibility index (Phi) is 5.78. The number of carbonyl (C=O) groups is 1. The molecule has 2 rings (SSSR count). The molecule has 0 spiro atoms. The summed E-state index contributed by atoms with van der Waals surface area (Å²) in [5, 5.41) is 4.00. The van der Waals surface area contributed by atoms with E-state index in [0.29, 0.717) is 25.3 Å². The lowest BCUT2D eigenvalue weighted by atomic mass is 10.2. The maximum absolute atomic E-state index is 12.2. The largest absolute Gasteiger partial charge is 0.380 e. The molecule has 0 fully saturated rings. The van der Waals surface area contributed by atoms with E-state index in [2.05, 4.69) is 10.3 Å². The summed E-state index contributed by atoms with van der Waals surface area (Å²) in [4.78, 5) is 18.2. The SMILES string of the molecule is CCN(CC)C(=O)c1ccc(NCc2ccc(Cl)cc2)cn1. The molecule has 0 saturated heterocycles. The highest BCUT2D eigenvalue weighted by atomic mass is 35.5. The summed E-state index contributed by atoms with van der Waals surface area (Å²) >= 11 is 5.86. The number of amides is 1. The van der Waals surface area contributed by atoms with Crippen molar-refractivity contribution in [2.45, 2.75) is 20.4 Å². The molecule has 22 heavy (non-hydrogen) atoms. The summed E-state index contributed by atoms with van der Waals surface area (Å²) in [6.07, 6.45) is 1.69. The minimum atomic E-state index is -0.0331. The van der Waals surface area contributed by atoms with E-state index < -0.39 is 0 Å². The number of pyridine rings is 1. The summed E-state index contributed by atoms with van der Waals surface area (Å²) in [5.74, 6) is -0.0331. The molecular weight excluding hydrogens is 298 g/mol. The summed E-state index contributed by atoms with van der Waals surface area (Å²) in [7, 11) is 0. The number of nitrogens with zero attached hydrogens (tertiary/aromatic N) is 2. The van der Waals surface area contributed by atoms with Gasteiger partial charge in [0.05, 0.1) is 11.9 Å². The Morgan fingerprint density at radius 3 is 2.36 bits per heavy atom. The molecule has 1 aromatic carbocycles. The summed E-state index contributed by atoms with van der Waals surface area (Å²) in [5.41, 5.74) is 2.49. The number of anilines is 1. The van der Waals surface area contributed by atoms with E-state index in [9.17, 15) is 4.79 Å². The van der Waals surface area contributed by atoms with Gasteiger partial charge in [-0.15, -0.1) is 0 Å². The molecule has 0 aliphatic rings. The molecule has 0 aliphatic carbocycles. The molecule has 0 radical (unpaired) electrons. The molecule has 116 valence electrons. The van der Waals surface area contributed by atoms with E-state index in [1.165, 1.54) is 0 Å². The van der Waals surface area contributed by atoms with Gasteiger partial charge in [0.25, 0.3) is 5.91 Å². The highest BCUT2D eigenvalue weighted by Gasteiger charge is 2.13. The fourth-order valence-corrected chi connectivity index (χ4v) is 2.23. The van der Waals surface area contributed by atoms with E-state index in [-0.39, 0.29) is 5.91 Å². The van der Waals surface area contributed by atoms with Crippen LogP contribution in [0.5, 0.6) is 0 Å². The molecule has 1 N–H and O–H groups in total. The molecule has 1 heterocycles. The van der Waals surface area contributed by atoms with Crippen molar-refractivity contribution in [1.29, 1.82) is 0 Å². The van der Waals surface area contributed by atoms with Gasteiger partial charge in [-0.25, -0.2) is 4.98 Å². The van der Waals surface area contributed by atoms with Gasteiger partial charge in [-0.1, -0.05) is 23.7 Å². The molecule has 0 unspecified atom stereocenters. The molecule has 5 heteroatoms. The topological polar surface area (TPSA) is 45.2 Å². The molecule has 0 saturated carbocycles. The Morgan fingerprint density at radius 2 is 1.82 bits per heavy atom. The van der Waals surface area contributed by atoms with Crippen molar-refractivity contribution >= 4 is 23.2 Å². The quantitative estimate of drug-likeness (QED) is 0.880. The number of hydrogen-bond acceptors (Lipinski definition) is 3. The number of rotatable bonds is 6. The van der Waals surface area contributed by atoms with Crippen LogP contribution < -0.4 is 5.32 Å². The molecule has 0 aliphatic heterocycles. The number of aromatic nitrogens is 1. The Hall–Kier alpha value is -2.07. The van der Waals surface area contributed by atoms with Gasteiger partial charge >= 0.3 is 0 Å². The Morgan fingerprint density at radius 1 is 1.14 bits per heavy atom. The monoisotopic (exact) mass is 317 g/mol. The zero-order chi connectivity index (χ0) is 15.9. The van der Waals surface area contributed by atoms with Crippen LogP contribution >= 0.6 is 11.6 Å². The second kappa shape index (κ2) is 7.80. The molecule has 1 amide bonds. The van der Waals surface area contributed by atoms with Crippen LogP contribution in [-0.4, -0.2) is 28.9 Å². The summed E-state index contributed by atoms with van der Waals surface area (Å²) in [6, 6.07) is 11.3. The van der Waals surface area contributed by atoms with E-state index in [1.54, 1.807) is 17.2 Å². The second-order valence-electron chi connectivity index (χ2n) is 4.89. The molecule has 1 aromatic heterocycles.